The summed E-state index contributed by atoms with van der Waals surface area (Å²) in [5, 5.41) is 36.7. The average Bonchev–Trinajstić information content (AvgIpc) is 1.99. The van der Waals surface area contributed by atoms with Gasteiger partial charge in [-0.25, -0.2) is 0 Å². The first-order valence-corrected chi connectivity index (χ1v) is 2.98. The first kappa shape index (κ1) is 17.1. The molecule has 14 heavy (non-hydrogen) atoms. The number of benzene rings is 1. The number of carboxylic acids is 1. The van der Waals surface area contributed by atoms with Gasteiger partial charge in [0.15, 0.2) is 17.2 Å². The van der Waals surface area contributed by atoms with Crippen LogP contribution in [0.15, 0.2) is 12.1 Å². The normalized spacial score (nSPS) is 8.29. The van der Waals surface area contributed by atoms with Crippen LogP contribution >= 0.6 is 0 Å². The van der Waals surface area contributed by atoms with E-state index in [0.29, 0.717) is 0 Å². The molecule has 0 unspecified atom stereocenters. The van der Waals surface area contributed by atoms with E-state index in [1.165, 1.54) is 0 Å². The molecule has 1 aromatic carbocycles. The van der Waals surface area contributed by atoms with E-state index in [2.05, 4.69) is 0 Å². The monoisotopic (exact) mass is 232 g/mol. The van der Waals surface area contributed by atoms with Crippen LogP contribution in [0.2, 0.25) is 0 Å². The number of hydrogen-bond acceptors (Lipinski definition) is 5. The van der Waals surface area contributed by atoms with Crippen molar-refractivity contribution in [3.05, 3.63) is 17.7 Å². The van der Waals surface area contributed by atoms with E-state index in [1.807, 2.05) is 0 Å². The van der Waals surface area contributed by atoms with Gasteiger partial charge in [-0.1, -0.05) is 0 Å². The van der Waals surface area contributed by atoms with Crippen molar-refractivity contribution in [2.75, 3.05) is 0 Å². The van der Waals surface area contributed by atoms with Crippen molar-refractivity contribution in [3.8, 4) is 17.2 Å². The summed E-state index contributed by atoms with van der Waals surface area (Å²) in [7, 11) is 0. The molecule has 0 saturated carbocycles. The van der Waals surface area contributed by atoms with Gasteiger partial charge < -0.3 is 25.2 Å². The molecule has 7 heteroatoms. The second kappa shape index (κ2) is 7.07. The zero-order chi connectivity index (χ0) is 9.30. The molecule has 0 amide bonds. The van der Waals surface area contributed by atoms with Crippen molar-refractivity contribution < 1.29 is 76.6 Å². The summed E-state index contributed by atoms with van der Waals surface area (Å²) in [4.78, 5) is 10.2. The number of phenols is 3. The Morgan fingerprint density at radius 2 is 1.50 bits per heavy atom. The summed E-state index contributed by atoms with van der Waals surface area (Å²) < 4.78 is 0. The second-order valence-corrected chi connectivity index (χ2v) is 2.15. The van der Waals surface area contributed by atoms with Crippen molar-refractivity contribution in [3.63, 3.8) is 0 Å². The van der Waals surface area contributed by atoms with Crippen LogP contribution in [0.1, 0.15) is 10.4 Å². The van der Waals surface area contributed by atoms with E-state index < -0.39 is 28.8 Å². The van der Waals surface area contributed by atoms with Gasteiger partial charge in [-0.3, -0.25) is 0 Å². The molecule has 66 valence electrons. The summed E-state index contributed by atoms with van der Waals surface area (Å²) in [5.41, 5.74) is -0.400. The van der Waals surface area contributed by atoms with Crippen molar-refractivity contribution in [2.45, 2.75) is 0 Å². The Bertz CT molecular complexity index is 318. The van der Waals surface area contributed by atoms with Gasteiger partial charge >= 0.3 is 80.9 Å². The third kappa shape index (κ3) is 4.07. The molecule has 0 atom stereocenters. The Kier molecular flexibility index (Phi) is 8.66. The molecule has 0 saturated heterocycles. The number of carbonyl (C=O) groups excluding carboxylic acids is 1. The maximum atomic E-state index is 10.2. The Morgan fingerprint density at radius 3 is 1.79 bits per heavy atom. The molecule has 0 radical (unpaired) electrons. The fraction of sp³-hybridized carbons (Fsp3) is 0. The van der Waals surface area contributed by atoms with Gasteiger partial charge in [-0.15, -0.1) is 0 Å². The van der Waals surface area contributed by atoms with Gasteiger partial charge in [0.2, 0.25) is 0 Å². The Labute approximate surface area is 144 Å². The van der Waals surface area contributed by atoms with Crippen LogP contribution in [0, 0.1) is 0 Å². The molecule has 0 spiro atoms. The van der Waals surface area contributed by atoms with Crippen LogP contribution in [0.25, 0.3) is 0 Å². The first-order valence-electron chi connectivity index (χ1n) is 2.98. The molecule has 3 N–H and O–H groups in total. The van der Waals surface area contributed by atoms with Gasteiger partial charge in [0.25, 0.3) is 0 Å². The van der Waals surface area contributed by atoms with Crippen molar-refractivity contribution in [1.29, 1.82) is 0 Å². The fourth-order valence-electron chi connectivity index (χ4n) is 0.722. The quantitative estimate of drug-likeness (QED) is 0.335. The van der Waals surface area contributed by atoms with Gasteiger partial charge in [-0.05, 0) is 12.1 Å². The summed E-state index contributed by atoms with van der Waals surface area (Å²) in [6.45, 7) is 0. The number of carbonyl (C=O) groups is 1. The fourth-order valence-corrected chi connectivity index (χ4v) is 0.722. The molecule has 0 aliphatic heterocycles. The molecule has 0 aliphatic carbocycles. The molecule has 1 aromatic rings. The number of phenolic OH excluding ortho intramolecular Hbond substituents is 3. The first-order chi connectivity index (χ1) is 5.52. The van der Waals surface area contributed by atoms with E-state index in [4.69, 9.17) is 15.3 Å². The maximum absolute atomic E-state index is 10.2. The molecular formula is C7H6KNaO5. The van der Waals surface area contributed by atoms with Gasteiger partial charge in [0, 0.05) is 5.56 Å². The van der Waals surface area contributed by atoms with E-state index in [0.717, 1.165) is 12.1 Å². The predicted molar refractivity (Wildman–Crippen MR) is 42.9 cm³/mol. The number of aromatic hydroxyl groups is 3. The van der Waals surface area contributed by atoms with Crippen molar-refractivity contribution in [2.24, 2.45) is 0 Å². The molecule has 5 nitrogen and oxygen atoms in total. The van der Waals surface area contributed by atoms with E-state index >= 15 is 0 Å². The van der Waals surface area contributed by atoms with Crippen molar-refractivity contribution in [1.82, 2.24) is 0 Å². The standard InChI is InChI=1S/C7H6O5.K.Na.H/c8-4-1-3(7(11)12)2-5(9)6(4)10;;;/h1-2,8-10H,(H,11,12);;;/q;+1;;/p-1. The minimum atomic E-state index is -1.54. The van der Waals surface area contributed by atoms with Gasteiger partial charge in [-0.2, -0.15) is 0 Å². The molecule has 0 fully saturated rings. The van der Waals surface area contributed by atoms with Crippen LogP contribution in [0.4, 0.5) is 0 Å². The van der Waals surface area contributed by atoms with Crippen molar-refractivity contribution >= 4 is 35.5 Å². The molecule has 1 rings (SSSR count). The topological polar surface area (TPSA) is 101 Å². The van der Waals surface area contributed by atoms with Crippen LogP contribution in [0.5, 0.6) is 17.2 Å². The Morgan fingerprint density at radius 1 is 1.14 bits per heavy atom. The number of hydrogen-bond donors (Lipinski definition) is 3. The van der Waals surface area contributed by atoms with E-state index in [1.54, 1.807) is 0 Å². The predicted octanol–water partition coefficient (Wildman–Crippen LogP) is -4.48. The molecule has 0 aromatic heterocycles. The SMILES string of the molecule is O=C([O-])c1cc(O)c(O)c(O)c1.[K+].[NaH]. The van der Waals surface area contributed by atoms with Crippen LogP contribution in [0.3, 0.4) is 0 Å². The Hall–Kier alpha value is 0.726. The van der Waals surface area contributed by atoms with E-state index in [9.17, 15) is 9.90 Å². The number of rotatable bonds is 1. The number of aromatic carboxylic acids is 1. The van der Waals surface area contributed by atoms with Gasteiger partial charge in [0.05, 0.1) is 5.97 Å². The summed E-state index contributed by atoms with van der Waals surface area (Å²) in [6.07, 6.45) is 0. The average molecular weight is 232 g/mol. The van der Waals surface area contributed by atoms with Crippen LogP contribution < -0.4 is 56.5 Å². The summed E-state index contributed by atoms with van der Waals surface area (Å²) in [6, 6.07) is 1.56. The molecule has 0 heterocycles. The molecule has 0 bridgehead atoms. The van der Waals surface area contributed by atoms with Crippen LogP contribution in [-0.4, -0.2) is 50.8 Å². The van der Waals surface area contributed by atoms with Gasteiger partial charge in [0.1, 0.15) is 0 Å². The minimum absolute atomic E-state index is 0. The second-order valence-electron chi connectivity index (χ2n) is 2.15. The molecular weight excluding hydrogens is 226 g/mol. The Balaban J connectivity index is 0. The van der Waals surface area contributed by atoms with Crippen LogP contribution in [-0.2, 0) is 0 Å². The summed E-state index contributed by atoms with van der Waals surface area (Å²) in [5.74, 6) is -3.69. The zero-order valence-electron chi connectivity index (χ0n) is 6.81. The zero-order valence-corrected chi connectivity index (χ0v) is 9.94. The summed E-state index contributed by atoms with van der Waals surface area (Å²) >= 11 is 0. The third-order valence-electron chi connectivity index (χ3n) is 1.31. The third-order valence-corrected chi connectivity index (χ3v) is 1.31. The number of carboxylic acid groups (broad SMARTS) is 1. The van der Waals surface area contributed by atoms with E-state index in [-0.39, 0.29) is 80.9 Å². The molecule has 0 aliphatic rings.